The van der Waals surface area contributed by atoms with Crippen molar-refractivity contribution in [2.45, 2.75) is 85.0 Å². The van der Waals surface area contributed by atoms with Crippen LogP contribution in [-0.2, 0) is 24.9 Å². The molecule has 3 aromatic heterocycles. The first kappa shape index (κ1) is 30.7. The second kappa shape index (κ2) is 12.3. The van der Waals surface area contributed by atoms with Crippen LogP contribution in [0.4, 0.5) is 10.7 Å². The lowest BCUT2D eigenvalue weighted by molar-refractivity contribution is 0.0499. The quantitative estimate of drug-likeness (QED) is 0.408. The lowest BCUT2D eigenvalue weighted by atomic mass is 10.1. The van der Waals surface area contributed by atoms with Crippen molar-refractivity contribution in [3.8, 4) is 0 Å². The second-order valence-corrected chi connectivity index (χ2v) is 11.7. The van der Waals surface area contributed by atoms with Crippen LogP contribution in [0.15, 0.2) is 22.7 Å². The average Bonchev–Trinajstić information content (AvgIpc) is 3.31. The molecule has 0 aromatic carbocycles. The molecule has 4 heterocycles. The molecule has 1 saturated heterocycles. The molecule has 0 spiro atoms. The molecule has 0 aliphatic carbocycles. The third-order valence-electron chi connectivity index (χ3n) is 7.28. The average molecular weight is 579 g/mol. The number of carbonyl (C=O) groups is 1. The van der Waals surface area contributed by atoms with Gasteiger partial charge in [0.25, 0.3) is 5.56 Å². The summed E-state index contributed by atoms with van der Waals surface area (Å²) < 4.78 is 9.93. The lowest BCUT2D eigenvalue weighted by Gasteiger charge is -2.34. The normalized spacial score (nSPS) is 15.6. The number of hydrogen-bond donors (Lipinski definition) is 1. The van der Waals surface area contributed by atoms with Gasteiger partial charge in [0.2, 0.25) is 5.95 Å². The number of amides is 1. The second-order valence-electron chi connectivity index (χ2n) is 11.7. The number of anilines is 1. The number of unbranched alkanes of at least 4 members (excludes halogenated alkanes) is 1. The molecule has 1 aliphatic heterocycles. The number of aryl methyl sites for hydroxylation is 3. The summed E-state index contributed by atoms with van der Waals surface area (Å²) in [6.45, 7) is 18.7. The fraction of sp³-hybridized carbons (Fsp3) is 0.533. The molecule has 12 nitrogen and oxygen atoms in total. The van der Waals surface area contributed by atoms with Crippen LogP contribution in [0.3, 0.4) is 0 Å². The molecule has 0 saturated carbocycles. The van der Waals surface area contributed by atoms with E-state index in [0.29, 0.717) is 54.0 Å². The highest BCUT2D eigenvalue weighted by Gasteiger charge is 2.29. The first-order valence-corrected chi connectivity index (χ1v) is 14.4. The van der Waals surface area contributed by atoms with E-state index in [1.54, 1.807) is 19.2 Å². The van der Waals surface area contributed by atoms with Crippen molar-refractivity contribution in [1.82, 2.24) is 34.0 Å². The number of nitrogens with one attached hydrogen (secondary N) is 1. The Balaban J connectivity index is 1.77. The van der Waals surface area contributed by atoms with Crippen LogP contribution in [0.5, 0.6) is 0 Å². The molecular weight excluding hydrogens is 536 g/mol. The van der Waals surface area contributed by atoms with Crippen molar-refractivity contribution in [3.05, 3.63) is 56.8 Å². The Labute approximate surface area is 245 Å². The zero-order valence-electron chi connectivity index (χ0n) is 25.6. The number of imidazole rings is 1. The third kappa shape index (κ3) is 6.32. The van der Waals surface area contributed by atoms with Crippen LogP contribution in [0.25, 0.3) is 23.3 Å². The number of piperidine rings is 1. The number of nitrogens with zero attached hydrogens (tertiary/aromatic N) is 7. The summed E-state index contributed by atoms with van der Waals surface area (Å²) in [6.07, 6.45) is 6.16. The van der Waals surface area contributed by atoms with Crippen LogP contribution >= 0.6 is 0 Å². The van der Waals surface area contributed by atoms with Gasteiger partial charge in [-0.05, 0) is 53.0 Å². The van der Waals surface area contributed by atoms with Gasteiger partial charge in [-0.1, -0.05) is 32.6 Å². The predicted molar refractivity (Wildman–Crippen MR) is 165 cm³/mol. The van der Waals surface area contributed by atoms with Gasteiger partial charge in [-0.2, -0.15) is 4.98 Å². The van der Waals surface area contributed by atoms with E-state index in [2.05, 4.69) is 40.3 Å². The van der Waals surface area contributed by atoms with Crippen LogP contribution < -0.4 is 21.5 Å². The summed E-state index contributed by atoms with van der Waals surface area (Å²) in [7, 11) is 1.62. The van der Waals surface area contributed by atoms with Crippen LogP contribution in [0.2, 0.25) is 0 Å². The van der Waals surface area contributed by atoms with E-state index in [1.807, 2.05) is 32.3 Å². The van der Waals surface area contributed by atoms with E-state index in [9.17, 15) is 14.4 Å². The van der Waals surface area contributed by atoms with E-state index in [-0.39, 0.29) is 12.6 Å². The minimum Gasteiger partial charge on any atom is -0.444 e. The molecule has 1 atom stereocenters. The van der Waals surface area contributed by atoms with E-state index in [0.717, 1.165) is 35.8 Å². The molecule has 4 rings (SSSR count). The molecule has 12 heteroatoms. The monoisotopic (exact) mass is 578 g/mol. The third-order valence-corrected chi connectivity index (χ3v) is 7.28. The van der Waals surface area contributed by atoms with Gasteiger partial charge >= 0.3 is 11.8 Å². The number of carbonyl (C=O) groups excluding carboxylic acids is 1. The topological polar surface area (TPSA) is 129 Å². The first-order valence-electron chi connectivity index (χ1n) is 14.4. The van der Waals surface area contributed by atoms with Crippen molar-refractivity contribution in [2.24, 2.45) is 7.05 Å². The summed E-state index contributed by atoms with van der Waals surface area (Å²) >= 11 is 0. The number of ether oxygens (including phenoxy) is 1. The standard InChI is InChI=1S/C30H42N8O4/c1-9-12-16-37-24-25(34-27(37)36-15-13-14-20(17-36)32-28(40)42-30(5,6)7)35(8)29(41)38(26(24)39)18-23-31-19(4)21(10-2)22(11-3)33-23/h10-11,20H,2-3,9,12-18H2,1,4-8H3,(H,32,40). The van der Waals surface area contributed by atoms with Gasteiger partial charge in [0, 0.05) is 44.0 Å². The van der Waals surface area contributed by atoms with Crippen LogP contribution in [0.1, 0.15) is 76.2 Å². The smallest absolute Gasteiger partial charge is 0.407 e. The number of alkyl carbamates (subject to hydrolysis) is 1. The molecular formula is C30H42N8O4. The Morgan fingerprint density at radius 1 is 1.14 bits per heavy atom. The van der Waals surface area contributed by atoms with Crippen molar-refractivity contribution in [1.29, 1.82) is 0 Å². The number of rotatable bonds is 9. The fourth-order valence-corrected chi connectivity index (χ4v) is 5.30. The minimum absolute atomic E-state index is 0.0968. The zero-order chi connectivity index (χ0) is 30.8. The number of fused-ring (bicyclic) bond motifs is 1. The molecule has 1 N–H and O–H groups in total. The highest BCUT2D eigenvalue weighted by molar-refractivity contribution is 5.75. The van der Waals surface area contributed by atoms with Gasteiger partial charge in [0.1, 0.15) is 11.4 Å². The lowest BCUT2D eigenvalue weighted by Crippen LogP contribution is -2.49. The Bertz CT molecular complexity index is 1630. The molecule has 226 valence electrons. The maximum absolute atomic E-state index is 14.0. The molecule has 0 bridgehead atoms. The summed E-state index contributed by atoms with van der Waals surface area (Å²) in [4.78, 5) is 55.9. The maximum atomic E-state index is 14.0. The minimum atomic E-state index is -0.595. The van der Waals surface area contributed by atoms with Gasteiger partial charge in [-0.3, -0.25) is 13.9 Å². The Morgan fingerprint density at radius 2 is 1.88 bits per heavy atom. The molecule has 42 heavy (non-hydrogen) atoms. The van der Waals surface area contributed by atoms with Crippen molar-refractivity contribution >= 4 is 35.4 Å². The van der Waals surface area contributed by atoms with E-state index in [1.165, 1.54) is 4.57 Å². The van der Waals surface area contributed by atoms with E-state index in [4.69, 9.17) is 9.72 Å². The largest absolute Gasteiger partial charge is 0.444 e. The summed E-state index contributed by atoms with van der Waals surface area (Å²) in [6, 6.07) is -0.147. The highest BCUT2D eigenvalue weighted by Crippen LogP contribution is 2.24. The Hall–Kier alpha value is -4.22. The molecule has 1 aliphatic rings. The summed E-state index contributed by atoms with van der Waals surface area (Å²) in [5.41, 5.74) is 1.16. The van der Waals surface area contributed by atoms with E-state index >= 15 is 0 Å². The number of aromatic nitrogens is 6. The maximum Gasteiger partial charge on any atom is 0.407 e. The first-order chi connectivity index (χ1) is 19.9. The molecule has 1 fully saturated rings. The molecule has 1 amide bonds. The van der Waals surface area contributed by atoms with E-state index < -0.39 is 22.9 Å². The fourth-order valence-electron chi connectivity index (χ4n) is 5.30. The van der Waals surface area contributed by atoms with Crippen molar-refractivity contribution in [3.63, 3.8) is 0 Å². The molecule has 3 aromatic rings. The van der Waals surface area contributed by atoms with Gasteiger partial charge in [0.15, 0.2) is 11.2 Å². The summed E-state index contributed by atoms with van der Waals surface area (Å²) in [5.74, 6) is 0.939. The molecule has 0 radical (unpaired) electrons. The zero-order valence-corrected chi connectivity index (χ0v) is 25.6. The summed E-state index contributed by atoms with van der Waals surface area (Å²) in [5, 5.41) is 2.97. The van der Waals surface area contributed by atoms with Crippen LogP contribution in [0, 0.1) is 6.92 Å². The van der Waals surface area contributed by atoms with Gasteiger partial charge < -0.3 is 19.5 Å². The van der Waals surface area contributed by atoms with Crippen molar-refractivity contribution in [2.75, 3.05) is 18.0 Å². The van der Waals surface area contributed by atoms with Gasteiger partial charge in [-0.15, -0.1) is 0 Å². The highest BCUT2D eigenvalue weighted by atomic mass is 16.6. The van der Waals surface area contributed by atoms with Gasteiger partial charge in [-0.25, -0.2) is 19.6 Å². The molecule has 1 unspecified atom stereocenters. The SMILES string of the molecule is C=Cc1nc(Cn2c(=O)c3c(nc(N4CCCC(NC(=O)OC(C)(C)C)C4)n3CCCC)n(C)c2=O)nc(C)c1C=C. The predicted octanol–water partition coefficient (Wildman–Crippen LogP) is 3.62. The Kier molecular flexibility index (Phi) is 9.03. The Morgan fingerprint density at radius 3 is 2.52 bits per heavy atom. The van der Waals surface area contributed by atoms with Crippen molar-refractivity contribution < 1.29 is 9.53 Å². The number of hydrogen-bond acceptors (Lipinski definition) is 8. The van der Waals surface area contributed by atoms with Crippen LogP contribution in [-0.4, -0.2) is 59.5 Å². The van der Waals surface area contributed by atoms with Gasteiger partial charge in [0.05, 0.1) is 12.2 Å².